The fourth-order valence-corrected chi connectivity index (χ4v) is 2.70. The first kappa shape index (κ1) is 15.2. The van der Waals surface area contributed by atoms with Crippen LogP contribution in [0, 0.1) is 10.8 Å². The maximum Gasteiger partial charge on any atom is 0.242 e. The summed E-state index contributed by atoms with van der Waals surface area (Å²) in [7, 11) is 0. The van der Waals surface area contributed by atoms with Gasteiger partial charge in [0.1, 0.15) is 10.8 Å². The van der Waals surface area contributed by atoms with Crippen molar-refractivity contribution >= 4 is 11.8 Å². The molecule has 0 atom stereocenters. The molecule has 19 heavy (non-hydrogen) atoms. The van der Waals surface area contributed by atoms with Crippen LogP contribution in [0.5, 0.6) is 0 Å². The van der Waals surface area contributed by atoms with Gasteiger partial charge >= 0.3 is 0 Å². The maximum absolute atomic E-state index is 12.3. The predicted molar refractivity (Wildman–Crippen MR) is 77.3 cm³/mol. The molecule has 0 aromatic heterocycles. The molecule has 0 aliphatic carbocycles. The van der Waals surface area contributed by atoms with Crippen LogP contribution in [0.25, 0.3) is 0 Å². The van der Waals surface area contributed by atoms with Gasteiger partial charge in [-0.1, -0.05) is 48.6 Å². The number of amides is 2. The SMILES string of the molecule is CC=CC1(C=CC)C(=O)NC(=O)C1(C=CC)C=CC. The van der Waals surface area contributed by atoms with Crippen LogP contribution in [0.4, 0.5) is 0 Å². The molecule has 1 heterocycles. The van der Waals surface area contributed by atoms with E-state index in [4.69, 9.17) is 0 Å². The molecule has 1 saturated heterocycles. The topological polar surface area (TPSA) is 46.2 Å². The third kappa shape index (κ3) is 2.09. The highest BCUT2D eigenvalue weighted by molar-refractivity contribution is 6.14. The van der Waals surface area contributed by atoms with Crippen molar-refractivity contribution in [2.75, 3.05) is 0 Å². The van der Waals surface area contributed by atoms with Crippen molar-refractivity contribution in [3.8, 4) is 0 Å². The van der Waals surface area contributed by atoms with E-state index in [2.05, 4.69) is 5.32 Å². The molecule has 0 radical (unpaired) electrons. The van der Waals surface area contributed by atoms with Gasteiger partial charge in [-0.25, -0.2) is 0 Å². The average Bonchev–Trinajstić information content (AvgIpc) is 2.54. The number of imide groups is 1. The second kappa shape index (κ2) is 5.83. The normalized spacial score (nSPS) is 32.4. The van der Waals surface area contributed by atoms with Gasteiger partial charge in [0.25, 0.3) is 0 Å². The van der Waals surface area contributed by atoms with Gasteiger partial charge in [0.05, 0.1) is 0 Å². The molecule has 1 aliphatic rings. The zero-order valence-corrected chi connectivity index (χ0v) is 11.9. The van der Waals surface area contributed by atoms with Crippen molar-refractivity contribution in [2.45, 2.75) is 27.7 Å². The Morgan fingerprint density at radius 1 is 0.684 bits per heavy atom. The van der Waals surface area contributed by atoms with E-state index in [-0.39, 0.29) is 11.8 Å². The minimum Gasteiger partial charge on any atom is -0.294 e. The Labute approximate surface area is 114 Å². The molecule has 3 heteroatoms. The molecule has 1 rings (SSSR count). The van der Waals surface area contributed by atoms with Crippen LogP contribution in [0.2, 0.25) is 0 Å². The first-order chi connectivity index (χ1) is 9.04. The number of carbonyl (C=O) groups is 2. The second-order valence-electron chi connectivity index (χ2n) is 4.52. The lowest BCUT2D eigenvalue weighted by Crippen LogP contribution is -2.39. The molecule has 1 N–H and O–H groups in total. The quantitative estimate of drug-likeness (QED) is 0.623. The summed E-state index contributed by atoms with van der Waals surface area (Å²) < 4.78 is 0. The minimum atomic E-state index is -0.993. The van der Waals surface area contributed by atoms with E-state index in [1.54, 1.807) is 48.6 Å². The molecule has 0 aromatic rings. The van der Waals surface area contributed by atoms with Crippen LogP contribution < -0.4 is 5.32 Å². The van der Waals surface area contributed by atoms with Gasteiger partial charge in [-0.05, 0) is 27.7 Å². The third-order valence-corrected chi connectivity index (χ3v) is 3.38. The lowest BCUT2D eigenvalue weighted by molar-refractivity contribution is -0.126. The molecule has 0 unspecified atom stereocenters. The maximum atomic E-state index is 12.3. The van der Waals surface area contributed by atoms with E-state index in [0.717, 1.165) is 0 Å². The summed E-state index contributed by atoms with van der Waals surface area (Å²) in [5, 5.41) is 2.46. The number of allylic oxidation sites excluding steroid dienone is 4. The van der Waals surface area contributed by atoms with E-state index in [0.29, 0.717) is 0 Å². The number of hydrogen-bond acceptors (Lipinski definition) is 2. The van der Waals surface area contributed by atoms with Gasteiger partial charge in [0.15, 0.2) is 0 Å². The standard InChI is InChI=1S/C16H21NO2/c1-5-9-15(10-6-2)13(18)17-14(19)16(15,11-7-3)12-8-4/h5-12H,1-4H3,(H,17,18,19). The zero-order valence-electron chi connectivity index (χ0n) is 11.9. The number of carbonyl (C=O) groups excluding carboxylic acids is 2. The molecular weight excluding hydrogens is 238 g/mol. The van der Waals surface area contributed by atoms with Crippen LogP contribution in [0.15, 0.2) is 48.6 Å². The Kier molecular flexibility index (Phi) is 4.65. The van der Waals surface area contributed by atoms with Crippen LogP contribution in [-0.4, -0.2) is 11.8 Å². The monoisotopic (exact) mass is 259 g/mol. The van der Waals surface area contributed by atoms with E-state index in [1.165, 1.54) is 0 Å². The molecule has 1 aliphatic heterocycles. The predicted octanol–water partition coefficient (Wildman–Crippen LogP) is 2.92. The van der Waals surface area contributed by atoms with E-state index >= 15 is 0 Å². The summed E-state index contributed by atoms with van der Waals surface area (Å²) in [5.41, 5.74) is -1.99. The third-order valence-electron chi connectivity index (χ3n) is 3.38. The number of rotatable bonds is 4. The molecule has 2 amide bonds. The van der Waals surface area contributed by atoms with Gasteiger partial charge in [-0.3, -0.25) is 14.9 Å². The van der Waals surface area contributed by atoms with E-state index in [9.17, 15) is 9.59 Å². The lowest BCUT2D eigenvalue weighted by Gasteiger charge is -2.33. The van der Waals surface area contributed by atoms with Gasteiger partial charge in [-0.15, -0.1) is 0 Å². The Bertz CT molecular complexity index is 413. The smallest absolute Gasteiger partial charge is 0.242 e. The highest BCUT2D eigenvalue weighted by atomic mass is 16.2. The average molecular weight is 259 g/mol. The van der Waals surface area contributed by atoms with Gasteiger partial charge in [0, 0.05) is 0 Å². The molecule has 0 bridgehead atoms. The van der Waals surface area contributed by atoms with Crippen molar-refractivity contribution in [1.82, 2.24) is 5.32 Å². The summed E-state index contributed by atoms with van der Waals surface area (Å²) in [4.78, 5) is 24.7. The molecule has 0 spiro atoms. The van der Waals surface area contributed by atoms with Gasteiger partial charge < -0.3 is 0 Å². The van der Waals surface area contributed by atoms with Crippen molar-refractivity contribution in [3.63, 3.8) is 0 Å². The number of hydrogen-bond donors (Lipinski definition) is 1. The Morgan fingerprint density at radius 2 is 0.947 bits per heavy atom. The van der Waals surface area contributed by atoms with Crippen molar-refractivity contribution in [1.29, 1.82) is 0 Å². The fourth-order valence-electron chi connectivity index (χ4n) is 2.70. The van der Waals surface area contributed by atoms with Crippen LogP contribution in [-0.2, 0) is 9.59 Å². The van der Waals surface area contributed by atoms with Gasteiger partial charge in [-0.2, -0.15) is 0 Å². The molecule has 1 fully saturated rings. The van der Waals surface area contributed by atoms with Crippen molar-refractivity contribution in [3.05, 3.63) is 48.6 Å². The van der Waals surface area contributed by atoms with Crippen molar-refractivity contribution < 1.29 is 9.59 Å². The summed E-state index contributed by atoms with van der Waals surface area (Å²) >= 11 is 0. The molecule has 3 nitrogen and oxygen atoms in total. The van der Waals surface area contributed by atoms with E-state index < -0.39 is 10.8 Å². The molecule has 102 valence electrons. The largest absolute Gasteiger partial charge is 0.294 e. The minimum absolute atomic E-state index is 0.287. The lowest BCUT2D eigenvalue weighted by atomic mass is 9.63. The van der Waals surface area contributed by atoms with Gasteiger partial charge in [0.2, 0.25) is 11.8 Å². The summed E-state index contributed by atoms with van der Waals surface area (Å²) in [6.07, 6.45) is 14.4. The van der Waals surface area contributed by atoms with Crippen molar-refractivity contribution in [2.24, 2.45) is 10.8 Å². The fraction of sp³-hybridized carbons (Fsp3) is 0.375. The molecular formula is C16H21NO2. The Morgan fingerprint density at radius 3 is 1.16 bits per heavy atom. The molecule has 0 aromatic carbocycles. The van der Waals surface area contributed by atoms with E-state index in [1.807, 2.05) is 27.7 Å². The Hall–Kier alpha value is -1.90. The summed E-state index contributed by atoms with van der Waals surface area (Å²) in [5.74, 6) is -0.574. The summed E-state index contributed by atoms with van der Waals surface area (Å²) in [6.45, 7) is 7.38. The van der Waals surface area contributed by atoms with Crippen LogP contribution in [0.1, 0.15) is 27.7 Å². The molecule has 0 saturated carbocycles. The van der Waals surface area contributed by atoms with Crippen LogP contribution >= 0.6 is 0 Å². The highest BCUT2D eigenvalue weighted by Gasteiger charge is 2.60. The second-order valence-corrected chi connectivity index (χ2v) is 4.52. The van der Waals surface area contributed by atoms with Crippen LogP contribution in [0.3, 0.4) is 0 Å². The highest BCUT2D eigenvalue weighted by Crippen LogP contribution is 2.49. The first-order valence-electron chi connectivity index (χ1n) is 6.46. The zero-order chi connectivity index (χ0) is 14.5. The Balaban J connectivity index is 3.70. The first-order valence-corrected chi connectivity index (χ1v) is 6.46. The number of nitrogens with one attached hydrogen (secondary N) is 1. The summed E-state index contributed by atoms with van der Waals surface area (Å²) in [6, 6.07) is 0.